The lowest BCUT2D eigenvalue weighted by Crippen LogP contribution is -2.31. The summed E-state index contributed by atoms with van der Waals surface area (Å²) in [5, 5.41) is 11.8. The van der Waals surface area contributed by atoms with E-state index in [2.05, 4.69) is 16.5 Å². The molecule has 9 nitrogen and oxygen atoms in total. The standard InChI is InChI=1S/C25H23N3O6S2/c1-6-11-34-16-9-7-15(8-10-16)18-17(19(29)21-12(2)26-14(4)35-21)20(30)23(31)28(18)25-27-13(3)22(36-25)24(32)33-5/h6-10,18,30H,1,11H2,2-5H3. The lowest BCUT2D eigenvalue weighted by molar-refractivity contribution is -0.117. The molecule has 1 N–H and O–H groups in total. The Morgan fingerprint density at radius 3 is 2.36 bits per heavy atom. The van der Waals surface area contributed by atoms with Crippen LogP contribution in [0.3, 0.4) is 0 Å². The fraction of sp³-hybridized carbons (Fsp3) is 0.240. The van der Waals surface area contributed by atoms with Gasteiger partial charge in [0.2, 0.25) is 5.78 Å². The number of hydrogen-bond donors (Lipinski definition) is 1. The first-order valence-corrected chi connectivity index (χ1v) is 12.5. The van der Waals surface area contributed by atoms with E-state index in [0.717, 1.165) is 11.3 Å². The molecule has 11 heteroatoms. The van der Waals surface area contributed by atoms with Gasteiger partial charge in [-0.25, -0.2) is 14.8 Å². The van der Waals surface area contributed by atoms with Crippen LogP contribution in [0.5, 0.6) is 5.75 Å². The van der Waals surface area contributed by atoms with E-state index in [-0.39, 0.29) is 15.6 Å². The van der Waals surface area contributed by atoms with Gasteiger partial charge in [0.1, 0.15) is 17.2 Å². The summed E-state index contributed by atoms with van der Waals surface area (Å²) in [4.78, 5) is 49.7. The molecule has 0 saturated carbocycles. The third-order valence-corrected chi connectivity index (χ3v) is 7.70. The number of anilines is 1. The van der Waals surface area contributed by atoms with Gasteiger partial charge >= 0.3 is 5.97 Å². The first kappa shape index (κ1) is 25.3. The Bertz CT molecular complexity index is 1400. The van der Waals surface area contributed by atoms with Crippen LogP contribution in [-0.2, 0) is 9.53 Å². The number of aliphatic hydroxyl groups excluding tert-OH is 1. The summed E-state index contributed by atoms with van der Waals surface area (Å²) in [6.07, 6.45) is 1.62. The van der Waals surface area contributed by atoms with Crippen LogP contribution in [0.15, 0.2) is 48.3 Å². The Morgan fingerprint density at radius 1 is 1.11 bits per heavy atom. The van der Waals surface area contributed by atoms with Gasteiger partial charge < -0.3 is 14.6 Å². The van der Waals surface area contributed by atoms with Crippen molar-refractivity contribution < 1.29 is 29.0 Å². The van der Waals surface area contributed by atoms with Crippen molar-refractivity contribution in [2.75, 3.05) is 18.6 Å². The van der Waals surface area contributed by atoms with Crippen LogP contribution in [0, 0.1) is 20.8 Å². The minimum absolute atomic E-state index is 0.0843. The number of esters is 1. The van der Waals surface area contributed by atoms with E-state index in [1.54, 1.807) is 51.1 Å². The maximum Gasteiger partial charge on any atom is 0.350 e. The smallest absolute Gasteiger partial charge is 0.350 e. The van der Waals surface area contributed by atoms with Gasteiger partial charge in [-0.1, -0.05) is 36.1 Å². The van der Waals surface area contributed by atoms with Gasteiger partial charge in [0, 0.05) is 0 Å². The molecule has 36 heavy (non-hydrogen) atoms. The Morgan fingerprint density at radius 2 is 1.78 bits per heavy atom. The molecule has 4 rings (SSSR count). The first-order valence-electron chi connectivity index (χ1n) is 10.8. The van der Waals surface area contributed by atoms with Gasteiger partial charge in [-0.2, -0.15) is 0 Å². The zero-order valence-corrected chi connectivity index (χ0v) is 21.7. The highest BCUT2D eigenvalue weighted by molar-refractivity contribution is 7.17. The number of ether oxygens (including phenoxy) is 2. The molecule has 1 amide bonds. The number of nitrogens with zero attached hydrogens (tertiary/aromatic N) is 3. The summed E-state index contributed by atoms with van der Waals surface area (Å²) in [6.45, 7) is 9.05. The number of aryl methyl sites for hydroxylation is 3. The summed E-state index contributed by atoms with van der Waals surface area (Å²) < 4.78 is 10.4. The minimum atomic E-state index is -0.990. The Labute approximate surface area is 215 Å². The van der Waals surface area contributed by atoms with Crippen molar-refractivity contribution in [2.45, 2.75) is 26.8 Å². The van der Waals surface area contributed by atoms with Crippen molar-refractivity contribution in [1.29, 1.82) is 0 Å². The largest absolute Gasteiger partial charge is 0.503 e. The van der Waals surface area contributed by atoms with E-state index in [0.29, 0.717) is 39.2 Å². The lowest BCUT2D eigenvalue weighted by Gasteiger charge is -2.24. The molecule has 0 radical (unpaired) electrons. The number of Topliss-reactive ketones (excluding diaryl/α,β-unsaturated/α-hetero) is 1. The Kier molecular flexibility index (Phi) is 7.04. The number of methoxy groups -OCH3 is 1. The maximum absolute atomic E-state index is 13.7. The summed E-state index contributed by atoms with van der Waals surface area (Å²) in [5.74, 6) is -1.98. The molecule has 3 heterocycles. The Balaban J connectivity index is 1.85. The Hall–Kier alpha value is -3.83. The molecule has 2 aromatic heterocycles. The summed E-state index contributed by atoms with van der Waals surface area (Å²) in [7, 11) is 1.25. The van der Waals surface area contributed by atoms with Gasteiger partial charge in [0.05, 0.1) is 40.0 Å². The zero-order valence-electron chi connectivity index (χ0n) is 20.0. The van der Waals surface area contributed by atoms with Gasteiger partial charge in [0.15, 0.2) is 10.9 Å². The molecule has 1 unspecified atom stereocenters. The summed E-state index contributed by atoms with van der Waals surface area (Å²) in [6, 6.07) is 5.84. The van der Waals surface area contributed by atoms with E-state index in [9.17, 15) is 19.5 Å². The van der Waals surface area contributed by atoms with E-state index in [1.165, 1.54) is 23.3 Å². The van der Waals surface area contributed by atoms with Crippen LogP contribution < -0.4 is 9.64 Å². The van der Waals surface area contributed by atoms with Crippen molar-refractivity contribution >= 4 is 45.5 Å². The maximum atomic E-state index is 13.7. The molecule has 1 atom stereocenters. The van der Waals surface area contributed by atoms with Crippen molar-refractivity contribution in [3.05, 3.63) is 80.0 Å². The molecule has 0 fully saturated rings. The highest BCUT2D eigenvalue weighted by Crippen LogP contribution is 2.44. The van der Waals surface area contributed by atoms with E-state index < -0.39 is 29.5 Å². The zero-order chi connectivity index (χ0) is 26.1. The SMILES string of the molecule is C=CCOc1ccc(C2C(C(=O)c3sc(C)nc3C)=C(O)C(=O)N2c2nc(C)c(C(=O)OC)s2)cc1. The van der Waals surface area contributed by atoms with Crippen LogP contribution in [0.2, 0.25) is 0 Å². The minimum Gasteiger partial charge on any atom is -0.503 e. The van der Waals surface area contributed by atoms with E-state index >= 15 is 0 Å². The predicted octanol–water partition coefficient (Wildman–Crippen LogP) is 4.66. The molecule has 3 aromatic rings. The second kappa shape index (κ2) is 10.0. The van der Waals surface area contributed by atoms with E-state index in [4.69, 9.17) is 9.47 Å². The second-order valence-electron chi connectivity index (χ2n) is 7.89. The number of aliphatic hydroxyl groups is 1. The second-order valence-corrected chi connectivity index (χ2v) is 10.1. The normalized spacial score (nSPS) is 15.4. The lowest BCUT2D eigenvalue weighted by atomic mass is 9.95. The van der Waals surface area contributed by atoms with Crippen molar-refractivity contribution in [3.63, 3.8) is 0 Å². The average Bonchev–Trinajstić information content (AvgIpc) is 3.49. The van der Waals surface area contributed by atoms with Crippen LogP contribution in [0.4, 0.5) is 5.13 Å². The van der Waals surface area contributed by atoms with Crippen LogP contribution in [0.25, 0.3) is 0 Å². The number of thiazole rings is 2. The first-order chi connectivity index (χ1) is 17.2. The van der Waals surface area contributed by atoms with Gasteiger partial charge in [-0.3, -0.25) is 14.5 Å². The fourth-order valence-electron chi connectivity index (χ4n) is 3.88. The molecule has 186 valence electrons. The molecule has 0 saturated heterocycles. The number of aromatic nitrogens is 2. The highest BCUT2D eigenvalue weighted by Gasteiger charge is 2.46. The van der Waals surface area contributed by atoms with Gasteiger partial charge in [-0.15, -0.1) is 11.3 Å². The van der Waals surface area contributed by atoms with Crippen molar-refractivity contribution in [3.8, 4) is 5.75 Å². The number of carbonyl (C=O) groups excluding carboxylic acids is 3. The molecular weight excluding hydrogens is 502 g/mol. The van der Waals surface area contributed by atoms with Gasteiger partial charge in [0.25, 0.3) is 5.91 Å². The summed E-state index contributed by atoms with van der Waals surface area (Å²) in [5.41, 5.74) is 1.35. The van der Waals surface area contributed by atoms with Crippen LogP contribution >= 0.6 is 22.7 Å². The quantitative estimate of drug-likeness (QED) is 0.256. The molecular formula is C25H23N3O6S2. The highest BCUT2D eigenvalue weighted by atomic mass is 32.1. The monoisotopic (exact) mass is 525 g/mol. The molecule has 0 bridgehead atoms. The number of ketones is 1. The predicted molar refractivity (Wildman–Crippen MR) is 136 cm³/mol. The number of hydrogen-bond acceptors (Lipinski definition) is 10. The van der Waals surface area contributed by atoms with E-state index in [1.807, 2.05) is 0 Å². The topological polar surface area (TPSA) is 119 Å². The summed E-state index contributed by atoms with van der Waals surface area (Å²) >= 11 is 2.14. The molecule has 1 aliphatic heterocycles. The number of amides is 1. The average molecular weight is 526 g/mol. The molecule has 0 spiro atoms. The third-order valence-electron chi connectivity index (χ3n) is 5.49. The fourth-order valence-corrected chi connectivity index (χ4v) is 5.77. The van der Waals surface area contributed by atoms with Gasteiger partial charge in [-0.05, 0) is 38.5 Å². The number of carbonyl (C=O) groups is 3. The third kappa shape index (κ3) is 4.42. The molecule has 1 aromatic carbocycles. The number of rotatable bonds is 8. The molecule has 0 aliphatic carbocycles. The van der Waals surface area contributed by atoms with Crippen molar-refractivity contribution in [2.24, 2.45) is 0 Å². The van der Waals surface area contributed by atoms with Crippen LogP contribution in [0.1, 0.15) is 47.3 Å². The van der Waals surface area contributed by atoms with Crippen LogP contribution in [-0.4, -0.2) is 46.5 Å². The number of benzene rings is 1. The molecule has 1 aliphatic rings. The van der Waals surface area contributed by atoms with Crippen molar-refractivity contribution in [1.82, 2.24) is 9.97 Å².